The number of aromatic hydroxyl groups is 1. The van der Waals surface area contributed by atoms with Crippen molar-refractivity contribution in [2.75, 3.05) is 32.6 Å². The van der Waals surface area contributed by atoms with Crippen LogP contribution in [0.1, 0.15) is 36.8 Å². The molecule has 10 heteroatoms. The Morgan fingerprint density at radius 3 is 2.92 bits per heavy atom. The maximum absolute atomic E-state index is 15.9. The van der Waals surface area contributed by atoms with Gasteiger partial charge in [-0.25, -0.2) is 9.37 Å². The van der Waals surface area contributed by atoms with Gasteiger partial charge in [0, 0.05) is 30.3 Å². The maximum Gasteiger partial charge on any atom is 0.224 e. The molecule has 1 aliphatic rings. The van der Waals surface area contributed by atoms with Crippen LogP contribution in [-0.4, -0.2) is 62.8 Å². The molecule has 3 aromatic heterocycles. The molecular weight excluding hydrogens is 479 g/mol. The van der Waals surface area contributed by atoms with E-state index in [1.165, 1.54) is 30.8 Å². The van der Waals surface area contributed by atoms with Crippen LogP contribution in [0.4, 0.5) is 4.39 Å². The van der Waals surface area contributed by atoms with E-state index in [1.54, 1.807) is 12.5 Å². The highest BCUT2D eigenvalue weighted by Gasteiger charge is 2.22. The zero-order valence-electron chi connectivity index (χ0n) is 20.6. The second kappa shape index (κ2) is 11.1. The number of H-pyrrole nitrogens is 1. The van der Waals surface area contributed by atoms with Gasteiger partial charge in [0.1, 0.15) is 11.2 Å². The second-order valence-corrected chi connectivity index (χ2v) is 10.1. The van der Waals surface area contributed by atoms with Crippen molar-refractivity contribution in [3.8, 4) is 17.1 Å². The lowest BCUT2D eigenvalue weighted by molar-refractivity contribution is 0.0873. The molecule has 0 saturated carbocycles. The zero-order valence-corrected chi connectivity index (χ0v) is 21.4. The average molecular weight is 511 g/mol. The third kappa shape index (κ3) is 5.02. The number of piperidine rings is 1. The van der Waals surface area contributed by atoms with Gasteiger partial charge in [0.15, 0.2) is 11.0 Å². The molecule has 0 bridgehead atoms. The second-order valence-electron chi connectivity index (χ2n) is 9.34. The van der Waals surface area contributed by atoms with E-state index in [9.17, 15) is 5.11 Å². The Bertz CT molecular complexity index is 1370. The molecule has 5 rings (SSSR count). The van der Waals surface area contributed by atoms with Crippen LogP contribution in [0.3, 0.4) is 0 Å². The summed E-state index contributed by atoms with van der Waals surface area (Å²) in [5.74, 6) is -0.239. The van der Waals surface area contributed by atoms with E-state index in [1.807, 2.05) is 13.0 Å². The molecule has 4 heterocycles. The highest BCUT2D eigenvalue weighted by Crippen LogP contribution is 2.37. The molecule has 4 aromatic rings. The number of aromatic amines is 1. The summed E-state index contributed by atoms with van der Waals surface area (Å²) in [6, 6.07) is 2.05. The monoisotopic (exact) mass is 510 g/mol. The topological polar surface area (TPSA) is 109 Å². The minimum Gasteiger partial charge on any atom is -0.493 e. The van der Waals surface area contributed by atoms with Crippen LogP contribution < -0.4 is 5.32 Å². The third-order valence-electron chi connectivity index (χ3n) is 6.86. The normalized spacial score (nSPS) is 16.2. The first-order valence-electron chi connectivity index (χ1n) is 12.4. The summed E-state index contributed by atoms with van der Waals surface area (Å²) in [6.45, 7) is 5.70. The summed E-state index contributed by atoms with van der Waals surface area (Å²) in [7, 11) is 0. The van der Waals surface area contributed by atoms with Gasteiger partial charge in [-0.3, -0.25) is 10.1 Å². The number of hydrogen-bond acceptors (Lipinski definition) is 8. The van der Waals surface area contributed by atoms with Crippen molar-refractivity contribution in [1.82, 2.24) is 30.5 Å². The van der Waals surface area contributed by atoms with Crippen LogP contribution >= 0.6 is 11.8 Å². The molecular formula is C26H31FN6O2S. The quantitative estimate of drug-likeness (QED) is 0.168. The predicted molar refractivity (Wildman–Crippen MR) is 140 cm³/mol. The lowest BCUT2D eigenvalue weighted by atomic mass is 9.91. The van der Waals surface area contributed by atoms with Gasteiger partial charge >= 0.3 is 0 Å². The lowest BCUT2D eigenvalue weighted by Gasteiger charge is -2.22. The lowest BCUT2D eigenvalue weighted by Crippen LogP contribution is -2.32. The molecule has 0 aliphatic carbocycles. The maximum atomic E-state index is 15.9. The SMILES string of the molecule is CSc1nc(O)c2cnc(-c3c(CCCCOC[C@@H]4CCCNC4)c(C)cc4[nH]ncc34)c(F)c2n1. The van der Waals surface area contributed by atoms with E-state index < -0.39 is 5.82 Å². The number of pyridine rings is 1. The molecule has 3 N–H and O–H groups in total. The summed E-state index contributed by atoms with van der Waals surface area (Å²) in [6.07, 6.45) is 9.99. The average Bonchev–Trinajstić information content (AvgIpc) is 3.35. The number of thioether (sulfide) groups is 1. The van der Waals surface area contributed by atoms with Crippen molar-refractivity contribution < 1.29 is 14.2 Å². The fourth-order valence-corrected chi connectivity index (χ4v) is 5.33. The number of rotatable bonds is 9. The number of aromatic nitrogens is 5. The Morgan fingerprint density at radius 2 is 2.11 bits per heavy atom. The van der Waals surface area contributed by atoms with Gasteiger partial charge in [-0.05, 0) is 74.9 Å². The van der Waals surface area contributed by atoms with Gasteiger partial charge in [-0.15, -0.1) is 0 Å². The minimum atomic E-state index is -0.570. The number of halogens is 1. The van der Waals surface area contributed by atoms with Crippen LogP contribution in [0, 0.1) is 18.7 Å². The van der Waals surface area contributed by atoms with Crippen molar-refractivity contribution in [2.24, 2.45) is 5.92 Å². The largest absolute Gasteiger partial charge is 0.493 e. The number of aryl methyl sites for hydroxylation is 1. The molecule has 0 spiro atoms. The van der Waals surface area contributed by atoms with Crippen molar-refractivity contribution >= 4 is 33.6 Å². The first kappa shape index (κ1) is 24.9. The van der Waals surface area contributed by atoms with Gasteiger partial charge in [0.25, 0.3) is 0 Å². The Labute approximate surface area is 213 Å². The number of nitrogens with one attached hydrogen (secondary N) is 2. The smallest absolute Gasteiger partial charge is 0.224 e. The van der Waals surface area contributed by atoms with E-state index >= 15 is 4.39 Å². The molecule has 1 fully saturated rings. The number of unbranched alkanes of at least 4 members (excludes halogenated alkanes) is 1. The van der Waals surface area contributed by atoms with Crippen molar-refractivity contribution in [1.29, 1.82) is 0 Å². The Morgan fingerprint density at radius 1 is 1.22 bits per heavy atom. The van der Waals surface area contributed by atoms with Crippen molar-refractivity contribution in [3.05, 3.63) is 35.4 Å². The van der Waals surface area contributed by atoms with Crippen molar-refractivity contribution in [3.63, 3.8) is 0 Å². The number of benzene rings is 1. The van der Waals surface area contributed by atoms with Gasteiger partial charge < -0.3 is 15.2 Å². The van der Waals surface area contributed by atoms with E-state index in [0.29, 0.717) is 11.1 Å². The van der Waals surface area contributed by atoms with Crippen LogP contribution in [0.15, 0.2) is 23.6 Å². The van der Waals surface area contributed by atoms with E-state index in [-0.39, 0.29) is 22.5 Å². The molecule has 8 nitrogen and oxygen atoms in total. The molecule has 0 amide bonds. The summed E-state index contributed by atoms with van der Waals surface area (Å²) < 4.78 is 21.9. The molecule has 0 radical (unpaired) electrons. The predicted octanol–water partition coefficient (Wildman–Crippen LogP) is 4.78. The molecule has 0 unspecified atom stereocenters. The third-order valence-corrected chi connectivity index (χ3v) is 7.41. The highest BCUT2D eigenvalue weighted by atomic mass is 32.2. The highest BCUT2D eigenvalue weighted by molar-refractivity contribution is 7.98. The van der Waals surface area contributed by atoms with Crippen LogP contribution in [-0.2, 0) is 11.2 Å². The Kier molecular flexibility index (Phi) is 7.64. The number of hydrogen-bond donors (Lipinski definition) is 3. The van der Waals surface area contributed by atoms with E-state index in [4.69, 9.17) is 4.74 Å². The Hall–Kier alpha value is -2.82. The fraction of sp³-hybridized carbons (Fsp3) is 0.462. The van der Waals surface area contributed by atoms with Gasteiger partial charge in [-0.1, -0.05) is 11.8 Å². The molecule has 36 heavy (non-hydrogen) atoms. The summed E-state index contributed by atoms with van der Waals surface area (Å²) in [5, 5.41) is 22.2. The zero-order chi connectivity index (χ0) is 25.1. The number of nitrogens with zero attached hydrogens (tertiary/aromatic N) is 4. The molecule has 190 valence electrons. The van der Waals surface area contributed by atoms with Gasteiger partial charge in [0.2, 0.25) is 5.88 Å². The van der Waals surface area contributed by atoms with Crippen LogP contribution in [0.2, 0.25) is 0 Å². The van der Waals surface area contributed by atoms with Gasteiger partial charge in [-0.2, -0.15) is 10.1 Å². The molecule has 1 saturated heterocycles. The van der Waals surface area contributed by atoms with E-state index in [0.717, 1.165) is 73.2 Å². The standard InChI is InChI=1S/C26H31FN6O2S/c1-15-10-20-18(13-30-33-20)21(17(15)7-3-4-9-35-14-16-6-5-8-28-11-16)24-22(27)23-19(12-29-24)25(34)32-26(31-23)36-2/h10,12-13,16,28H,3-9,11,14H2,1-2H3,(H,30,33)(H,31,32,34)/t16-/m1/s1. The number of ether oxygens (including phenoxy) is 1. The first-order chi connectivity index (χ1) is 17.6. The summed E-state index contributed by atoms with van der Waals surface area (Å²) in [5.41, 5.74) is 3.90. The fourth-order valence-electron chi connectivity index (χ4n) is 4.97. The summed E-state index contributed by atoms with van der Waals surface area (Å²) in [4.78, 5) is 12.8. The molecule has 1 atom stereocenters. The minimum absolute atomic E-state index is 0.0616. The first-order valence-corrected chi connectivity index (χ1v) is 13.6. The van der Waals surface area contributed by atoms with Crippen LogP contribution in [0.5, 0.6) is 5.88 Å². The Balaban J connectivity index is 1.41. The van der Waals surface area contributed by atoms with Crippen molar-refractivity contribution in [2.45, 2.75) is 44.2 Å². The van der Waals surface area contributed by atoms with Crippen LogP contribution in [0.25, 0.3) is 33.1 Å². The van der Waals surface area contributed by atoms with E-state index in [2.05, 4.69) is 30.5 Å². The van der Waals surface area contributed by atoms with Gasteiger partial charge in [0.05, 0.1) is 23.7 Å². The molecule has 1 aliphatic heterocycles. The summed E-state index contributed by atoms with van der Waals surface area (Å²) >= 11 is 1.24. The molecule has 1 aromatic carbocycles. The number of fused-ring (bicyclic) bond motifs is 2.